The summed E-state index contributed by atoms with van der Waals surface area (Å²) in [6.45, 7) is 0.678. The number of carbonyl (C=O) groups is 1. The normalized spacial score (nSPS) is 11.5. The summed E-state index contributed by atoms with van der Waals surface area (Å²) in [6, 6.07) is 7.88. The van der Waals surface area contributed by atoms with E-state index in [0.29, 0.717) is 11.4 Å². The summed E-state index contributed by atoms with van der Waals surface area (Å²) < 4.78 is 30.0. The standard InChI is InChI=1S/C22H21F2N7O2/c1-14-10-28-20(29-13-22(23,24)15-4-7-25-8-5-15)21(33)31(14)12-19(32)27-11-16-2-3-17-18(30-16)6-9-26-17/h2-10,26H,11-13H2,1H3,(H,27,32)(H,28,29). The molecule has 1 amide bonds. The summed E-state index contributed by atoms with van der Waals surface area (Å²) in [5.74, 6) is -3.92. The smallest absolute Gasteiger partial charge is 0.293 e. The molecule has 170 valence electrons. The van der Waals surface area contributed by atoms with E-state index in [0.717, 1.165) is 11.0 Å². The number of carbonyl (C=O) groups excluding carboxylic acids is 1. The zero-order valence-electron chi connectivity index (χ0n) is 17.7. The van der Waals surface area contributed by atoms with Crippen LogP contribution in [-0.4, -0.2) is 37.0 Å². The minimum Gasteiger partial charge on any atom is -0.360 e. The lowest BCUT2D eigenvalue weighted by molar-refractivity contribution is -0.121. The van der Waals surface area contributed by atoms with Gasteiger partial charge in [0.15, 0.2) is 5.82 Å². The minimum absolute atomic E-state index is 0.183. The Kier molecular flexibility index (Phi) is 6.11. The summed E-state index contributed by atoms with van der Waals surface area (Å²) in [4.78, 5) is 40.3. The van der Waals surface area contributed by atoms with Gasteiger partial charge in [0.1, 0.15) is 6.54 Å². The Balaban J connectivity index is 1.41. The molecule has 0 aliphatic heterocycles. The maximum absolute atomic E-state index is 14.4. The molecule has 4 heterocycles. The van der Waals surface area contributed by atoms with Gasteiger partial charge in [-0.3, -0.25) is 19.1 Å². The first-order valence-electron chi connectivity index (χ1n) is 10.1. The van der Waals surface area contributed by atoms with Crippen molar-refractivity contribution in [1.82, 2.24) is 29.8 Å². The maximum Gasteiger partial charge on any atom is 0.293 e. The third-order valence-corrected chi connectivity index (χ3v) is 5.07. The first-order chi connectivity index (χ1) is 15.8. The van der Waals surface area contributed by atoms with Gasteiger partial charge in [-0.05, 0) is 37.3 Å². The number of H-pyrrole nitrogens is 1. The number of amides is 1. The van der Waals surface area contributed by atoms with E-state index in [2.05, 4.69) is 30.6 Å². The lowest BCUT2D eigenvalue weighted by atomic mass is 10.1. The molecule has 0 aliphatic carbocycles. The number of fused-ring (bicyclic) bond motifs is 1. The number of nitrogens with one attached hydrogen (secondary N) is 3. The average Bonchev–Trinajstić information content (AvgIpc) is 3.28. The van der Waals surface area contributed by atoms with Crippen LogP contribution in [-0.2, 0) is 23.8 Å². The van der Waals surface area contributed by atoms with Gasteiger partial charge in [-0.15, -0.1) is 0 Å². The van der Waals surface area contributed by atoms with Crippen LogP contribution in [0.1, 0.15) is 17.0 Å². The summed E-state index contributed by atoms with van der Waals surface area (Å²) in [5.41, 5.74) is 1.86. The summed E-state index contributed by atoms with van der Waals surface area (Å²) >= 11 is 0. The van der Waals surface area contributed by atoms with Crippen LogP contribution in [0.25, 0.3) is 11.0 Å². The lowest BCUT2D eigenvalue weighted by Crippen LogP contribution is -2.35. The molecular weight excluding hydrogens is 432 g/mol. The van der Waals surface area contributed by atoms with E-state index in [4.69, 9.17) is 0 Å². The number of alkyl halides is 2. The molecule has 0 bridgehead atoms. The molecule has 3 N–H and O–H groups in total. The summed E-state index contributed by atoms with van der Waals surface area (Å²) in [5, 5.41) is 5.12. The fourth-order valence-corrected chi connectivity index (χ4v) is 3.24. The van der Waals surface area contributed by atoms with Gasteiger partial charge in [0.05, 0.1) is 29.8 Å². The summed E-state index contributed by atoms with van der Waals surface area (Å²) in [7, 11) is 0. The highest BCUT2D eigenvalue weighted by Crippen LogP contribution is 2.27. The number of anilines is 1. The van der Waals surface area contributed by atoms with Crippen LogP contribution in [0, 0.1) is 6.92 Å². The van der Waals surface area contributed by atoms with Gasteiger partial charge in [-0.2, -0.15) is 8.78 Å². The maximum atomic E-state index is 14.4. The van der Waals surface area contributed by atoms with Crippen molar-refractivity contribution in [3.05, 3.63) is 82.4 Å². The Bertz CT molecular complexity index is 1340. The predicted molar refractivity (Wildman–Crippen MR) is 118 cm³/mol. The molecule has 0 saturated heterocycles. The second-order valence-electron chi connectivity index (χ2n) is 7.42. The van der Waals surface area contributed by atoms with Crippen molar-refractivity contribution in [2.24, 2.45) is 0 Å². The van der Waals surface area contributed by atoms with Crippen molar-refractivity contribution in [2.45, 2.75) is 25.9 Å². The first kappa shape index (κ1) is 22.1. The van der Waals surface area contributed by atoms with Gasteiger partial charge in [-0.1, -0.05) is 0 Å². The number of aromatic nitrogens is 5. The van der Waals surface area contributed by atoms with Crippen molar-refractivity contribution < 1.29 is 13.6 Å². The monoisotopic (exact) mass is 453 g/mol. The molecular formula is C22H21F2N7O2. The van der Waals surface area contributed by atoms with Crippen LogP contribution < -0.4 is 16.2 Å². The molecule has 11 heteroatoms. The van der Waals surface area contributed by atoms with Crippen molar-refractivity contribution in [3.8, 4) is 0 Å². The van der Waals surface area contributed by atoms with Gasteiger partial charge in [0.25, 0.3) is 11.5 Å². The molecule has 4 rings (SSSR count). The van der Waals surface area contributed by atoms with Crippen LogP contribution in [0.3, 0.4) is 0 Å². The third kappa shape index (κ3) is 5.03. The Morgan fingerprint density at radius 3 is 2.76 bits per heavy atom. The fourth-order valence-electron chi connectivity index (χ4n) is 3.24. The molecule has 0 spiro atoms. The van der Waals surface area contributed by atoms with Crippen molar-refractivity contribution >= 4 is 22.8 Å². The Morgan fingerprint density at radius 1 is 1.18 bits per heavy atom. The van der Waals surface area contributed by atoms with Crippen molar-refractivity contribution in [3.63, 3.8) is 0 Å². The predicted octanol–water partition coefficient (Wildman–Crippen LogP) is 2.34. The minimum atomic E-state index is -3.24. The van der Waals surface area contributed by atoms with Gasteiger partial charge >= 0.3 is 0 Å². The molecule has 0 unspecified atom stereocenters. The number of aromatic amines is 1. The second kappa shape index (κ2) is 9.15. The van der Waals surface area contributed by atoms with Crippen LogP contribution in [0.2, 0.25) is 0 Å². The van der Waals surface area contributed by atoms with E-state index in [-0.39, 0.29) is 24.5 Å². The van der Waals surface area contributed by atoms with E-state index in [1.165, 1.54) is 35.3 Å². The van der Waals surface area contributed by atoms with E-state index in [9.17, 15) is 18.4 Å². The SMILES string of the molecule is Cc1cnc(NCC(F)(F)c2ccncc2)c(=O)n1CC(=O)NCc1ccc2[nH]ccc2n1. The molecule has 0 aliphatic rings. The zero-order chi connectivity index (χ0) is 23.4. The highest BCUT2D eigenvalue weighted by Gasteiger charge is 2.31. The zero-order valence-corrected chi connectivity index (χ0v) is 17.7. The van der Waals surface area contributed by atoms with Crippen LogP contribution in [0.5, 0.6) is 0 Å². The van der Waals surface area contributed by atoms with Crippen LogP contribution >= 0.6 is 0 Å². The molecule has 0 radical (unpaired) electrons. The summed E-state index contributed by atoms with van der Waals surface area (Å²) in [6.07, 6.45) is 5.66. The molecule has 4 aromatic heterocycles. The first-order valence-corrected chi connectivity index (χ1v) is 10.1. The van der Waals surface area contributed by atoms with Gasteiger partial charge in [0, 0.05) is 36.0 Å². The molecule has 0 atom stereocenters. The van der Waals surface area contributed by atoms with E-state index in [1.807, 2.05) is 12.1 Å². The van der Waals surface area contributed by atoms with Crippen molar-refractivity contribution in [1.29, 1.82) is 0 Å². The molecule has 33 heavy (non-hydrogen) atoms. The average molecular weight is 453 g/mol. The van der Waals surface area contributed by atoms with Gasteiger partial charge < -0.3 is 15.6 Å². The van der Waals surface area contributed by atoms with E-state index >= 15 is 0 Å². The molecule has 9 nitrogen and oxygen atoms in total. The lowest BCUT2D eigenvalue weighted by Gasteiger charge is -2.18. The van der Waals surface area contributed by atoms with Gasteiger partial charge in [-0.25, -0.2) is 9.97 Å². The molecule has 4 aromatic rings. The van der Waals surface area contributed by atoms with E-state index < -0.39 is 23.9 Å². The molecule has 0 aromatic carbocycles. The number of aryl methyl sites for hydroxylation is 1. The Morgan fingerprint density at radius 2 is 1.97 bits per heavy atom. The van der Waals surface area contributed by atoms with Crippen LogP contribution in [0.4, 0.5) is 14.6 Å². The van der Waals surface area contributed by atoms with Crippen molar-refractivity contribution in [2.75, 3.05) is 11.9 Å². The van der Waals surface area contributed by atoms with Crippen LogP contribution in [0.15, 0.2) is 59.9 Å². The Labute approximate surface area is 186 Å². The number of halogens is 2. The van der Waals surface area contributed by atoms with Gasteiger partial charge in [0.2, 0.25) is 5.91 Å². The highest BCUT2D eigenvalue weighted by atomic mass is 19.3. The number of pyridine rings is 2. The van der Waals surface area contributed by atoms with E-state index in [1.54, 1.807) is 19.2 Å². The third-order valence-electron chi connectivity index (χ3n) is 5.07. The highest BCUT2D eigenvalue weighted by molar-refractivity contribution is 5.76. The molecule has 0 fully saturated rings. The number of rotatable bonds is 8. The molecule has 0 saturated carbocycles. The number of nitrogens with zero attached hydrogens (tertiary/aromatic N) is 4. The number of hydrogen-bond donors (Lipinski definition) is 3. The second-order valence-corrected chi connectivity index (χ2v) is 7.42. The quantitative estimate of drug-likeness (QED) is 0.377. The largest absolute Gasteiger partial charge is 0.360 e. The Hall–Kier alpha value is -4.15. The fraction of sp³-hybridized carbons (Fsp3) is 0.227. The topological polar surface area (TPSA) is 118 Å². The number of hydrogen-bond acceptors (Lipinski definition) is 6.